The van der Waals surface area contributed by atoms with Crippen molar-refractivity contribution in [2.45, 2.75) is 32.1 Å². The van der Waals surface area contributed by atoms with Crippen molar-refractivity contribution >= 4 is 11.8 Å². The fraction of sp³-hybridized carbons (Fsp3) is 0.579. The molecule has 0 radical (unpaired) electrons. The van der Waals surface area contributed by atoms with Crippen LogP contribution in [0.15, 0.2) is 24.3 Å². The van der Waals surface area contributed by atoms with Crippen LogP contribution in [0.25, 0.3) is 0 Å². The van der Waals surface area contributed by atoms with E-state index >= 15 is 0 Å². The molecule has 0 bridgehead atoms. The first-order chi connectivity index (χ1) is 12.2. The number of benzene rings is 1. The van der Waals surface area contributed by atoms with Gasteiger partial charge in [0.05, 0.1) is 7.11 Å². The molecule has 2 N–H and O–H groups in total. The van der Waals surface area contributed by atoms with Crippen molar-refractivity contribution in [2.24, 2.45) is 5.73 Å². The summed E-state index contributed by atoms with van der Waals surface area (Å²) >= 11 is 0. The Kier molecular flexibility index (Phi) is 7.73. The van der Waals surface area contributed by atoms with Gasteiger partial charge in [-0.05, 0) is 37.6 Å². The van der Waals surface area contributed by atoms with Crippen molar-refractivity contribution < 1.29 is 14.3 Å². The lowest BCUT2D eigenvalue weighted by molar-refractivity contribution is -0.132. The summed E-state index contributed by atoms with van der Waals surface area (Å²) in [6.07, 6.45) is 4.68. The molecule has 2 rings (SSSR count). The Bertz CT molecular complexity index is 569. The fourth-order valence-corrected chi connectivity index (χ4v) is 3.03. The van der Waals surface area contributed by atoms with Gasteiger partial charge < -0.3 is 20.3 Å². The highest BCUT2D eigenvalue weighted by Crippen LogP contribution is 2.16. The first kappa shape index (κ1) is 19.2. The SMILES string of the molecule is COc1cccc(C(=O)N2CCN(C(=O)CCCCCCN)CC2)c1. The minimum absolute atomic E-state index is 0.00668. The normalized spacial score (nSPS) is 14.5. The maximum absolute atomic E-state index is 12.6. The third-order valence-electron chi connectivity index (χ3n) is 4.58. The number of nitrogens with zero attached hydrogens (tertiary/aromatic N) is 2. The lowest BCUT2D eigenvalue weighted by atomic mass is 10.1. The Morgan fingerprint density at radius 3 is 2.40 bits per heavy atom. The second kappa shape index (κ2) is 10.0. The van der Waals surface area contributed by atoms with E-state index in [9.17, 15) is 9.59 Å². The molecule has 1 aliphatic heterocycles. The third-order valence-corrected chi connectivity index (χ3v) is 4.58. The number of rotatable bonds is 8. The number of carbonyl (C=O) groups excluding carboxylic acids is 2. The van der Waals surface area contributed by atoms with Gasteiger partial charge in [0.1, 0.15) is 5.75 Å². The zero-order chi connectivity index (χ0) is 18.1. The van der Waals surface area contributed by atoms with Gasteiger partial charge in [0.15, 0.2) is 0 Å². The summed E-state index contributed by atoms with van der Waals surface area (Å²) < 4.78 is 5.17. The zero-order valence-electron chi connectivity index (χ0n) is 15.1. The van der Waals surface area contributed by atoms with Crippen LogP contribution in [0.4, 0.5) is 0 Å². The van der Waals surface area contributed by atoms with E-state index in [0.29, 0.717) is 43.9 Å². The third kappa shape index (κ3) is 5.74. The van der Waals surface area contributed by atoms with Crippen molar-refractivity contribution in [1.29, 1.82) is 0 Å². The van der Waals surface area contributed by atoms with Gasteiger partial charge in [-0.1, -0.05) is 18.9 Å². The standard InChI is InChI=1S/C19H29N3O3/c1-25-17-8-6-7-16(15-17)19(24)22-13-11-21(12-14-22)18(23)9-4-2-3-5-10-20/h6-8,15H,2-5,9-14,20H2,1H3. The highest BCUT2D eigenvalue weighted by Gasteiger charge is 2.24. The number of unbranched alkanes of at least 4 members (excludes halogenated alkanes) is 3. The average molecular weight is 347 g/mol. The second-order valence-corrected chi connectivity index (χ2v) is 6.36. The Morgan fingerprint density at radius 1 is 1.04 bits per heavy atom. The van der Waals surface area contributed by atoms with Gasteiger partial charge in [-0.15, -0.1) is 0 Å². The molecule has 0 saturated carbocycles. The van der Waals surface area contributed by atoms with Crippen molar-refractivity contribution in [1.82, 2.24) is 9.80 Å². The molecule has 1 aromatic carbocycles. The number of hydrogen-bond acceptors (Lipinski definition) is 4. The largest absolute Gasteiger partial charge is 0.497 e. The Hall–Kier alpha value is -2.08. The molecule has 6 heteroatoms. The van der Waals surface area contributed by atoms with Crippen LogP contribution in [0.3, 0.4) is 0 Å². The minimum Gasteiger partial charge on any atom is -0.497 e. The van der Waals surface area contributed by atoms with Crippen LogP contribution < -0.4 is 10.5 Å². The number of ether oxygens (including phenoxy) is 1. The first-order valence-corrected chi connectivity index (χ1v) is 9.07. The Morgan fingerprint density at radius 2 is 1.72 bits per heavy atom. The summed E-state index contributed by atoms with van der Waals surface area (Å²) in [6, 6.07) is 7.18. The molecular weight excluding hydrogens is 318 g/mol. The van der Waals surface area contributed by atoms with E-state index in [1.807, 2.05) is 17.0 Å². The summed E-state index contributed by atoms with van der Waals surface area (Å²) in [7, 11) is 1.59. The summed E-state index contributed by atoms with van der Waals surface area (Å²) in [6.45, 7) is 3.09. The molecular formula is C19H29N3O3. The first-order valence-electron chi connectivity index (χ1n) is 9.07. The van der Waals surface area contributed by atoms with Crippen molar-refractivity contribution in [2.75, 3.05) is 39.8 Å². The lowest BCUT2D eigenvalue weighted by Gasteiger charge is -2.35. The number of amides is 2. The summed E-state index contributed by atoms with van der Waals surface area (Å²) in [5.74, 6) is 0.864. The highest BCUT2D eigenvalue weighted by molar-refractivity contribution is 5.94. The van der Waals surface area contributed by atoms with Crippen LogP contribution in [0.1, 0.15) is 42.5 Å². The molecule has 0 atom stereocenters. The van der Waals surface area contributed by atoms with Gasteiger partial charge in [-0.25, -0.2) is 0 Å². The zero-order valence-corrected chi connectivity index (χ0v) is 15.1. The van der Waals surface area contributed by atoms with Crippen LogP contribution in [-0.4, -0.2) is 61.4 Å². The molecule has 138 valence electrons. The molecule has 0 aromatic heterocycles. The van der Waals surface area contributed by atoms with Crippen LogP contribution in [-0.2, 0) is 4.79 Å². The van der Waals surface area contributed by atoms with Crippen molar-refractivity contribution in [3.05, 3.63) is 29.8 Å². The number of methoxy groups -OCH3 is 1. The van der Waals surface area contributed by atoms with Gasteiger partial charge in [0.2, 0.25) is 5.91 Å². The van der Waals surface area contributed by atoms with Gasteiger partial charge in [0.25, 0.3) is 5.91 Å². The topological polar surface area (TPSA) is 75.9 Å². The number of hydrogen-bond donors (Lipinski definition) is 1. The quantitative estimate of drug-likeness (QED) is 0.729. The smallest absolute Gasteiger partial charge is 0.254 e. The Balaban J connectivity index is 1.76. The molecule has 1 fully saturated rings. The van der Waals surface area contributed by atoms with Gasteiger partial charge in [-0.3, -0.25) is 9.59 Å². The van der Waals surface area contributed by atoms with Crippen LogP contribution in [0, 0.1) is 0 Å². The van der Waals surface area contributed by atoms with E-state index in [1.165, 1.54) is 0 Å². The molecule has 1 aromatic rings. The number of piperazine rings is 1. The van der Waals surface area contributed by atoms with Crippen LogP contribution in [0.2, 0.25) is 0 Å². The molecule has 2 amide bonds. The predicted molar refractivity (Wildman–Crippen MR) is 97.6 cm³/mol. The summed E-state index contributed by atoms with van der Waals surface area (Å²) in [5.41, 5.74) is 6.09. The highest BCUT2D eigenvalue weighted by atomic mass is 16.5. The van der Waals surface area contributed by atoms with Gasteiger partial charge in [-0.2, -0.15) is 0 Å². The molecule has 6 nitrogen and oxygen atoms in total. The monoisotopic (exact) mass is 347 g/mol. The van der Waals surface area contributed by atoms with Crippen LogP contribution >= 0.6 is 0 Å². The Labute approximate surface area is 149 Å². The van der Waals surface area contributed by atoms with E-state index in [-0.39, 0.29) is 11.8 Å². The lowest BCUT2D eigenvalue weighted by Crippen LogP contribution is -2.50. The number of nitrogens with two attached hydrogens (primary N) is 1. The molecule has 1 aliphatic rings. The summed E-state index contributed by atoms with van der Waals surface area (Å²) in [5, 5.41) is 0. The molecule has 0 aliphatic carbocycles. The molecule has 1 saturated heterocycles. The van der Waals surface area contributed by atoms with E-state index in [4.69, 9.17) is 10.5 Å². The van der Waals surface area contributed by atoms with E-state index in [0.717, 1.165) is 32.2 Å². The second-order valence-electron chi connectivity index (χ2n) is 6.36. The summed E-state index contributed by atoms with van der Waals surface area (Å²) in [4.78, 5) is 28.5. The molecule has 1 heterocycles. The average Bonchev–Trinajstić information content (AvgIpc) is 2.67. The maximum atomic E-state index is 12.6. The van der Waals surface area contributed by atoms with Gasteiger partial charge in [0, 0.05) is 38.2 Å². The van der Waals surface area contributed by atoms with Gasteiger partial charge >= 0.3 is 0 Å². The maximum Gasteiger partial charge on any atom is 0.254 e. The molecule has 0 spiro atoms. The molecule has 25 heavy (non-hydrogen) atoms. The van der Waals surface area contributed by atoms with Crippen molar-refractivity contribution in [3.8, 4) is 5.75 Å². The van der Waals surface area contributed by atoms with E-state index in [1.54, 1.807) is 24.1 Å². The minimum atomic E-state index is -0.00668. The predicted octanol–water partition coefficient (Wildman–Crippen LogP) is 1.89. The van der Waals surface area contributed by atoms with Crippen LogP contribution in [0.5, 0.6) is 5.75 Å². The molecule has 0 unspecified atom stereocenters. The van der Waals surface area contributed by atoms with E-state index < -0.39 is 0 Å². The fourth-order valence-electron chi connectivity index (χ4n) is 3.03. The van der Waals surface area contributed by atoms with E-state index in [2.05, 4.69) is 0 Å². The number of carbonyl (C=O) groups is 2. The van der Waals surface area contributed by atoms with Crippen molar-refractivity contribution in [3.63, 3.8) is 0 Å².